The zero-order valence-electron chi connectivity index (χ0n) is 19.6. The van der Waals surface area contributed by atoms with Crippen molar-refractivity contribution in [3.8, 4) is 0 Å². The lowest BCUT2D eigenvalue weighted by Gasteiger charge is -2.35. The van der Waals surface area contributed by atoms with Crippen LogP contribution in [0.25, 0.3) is 0 Å². The van der Waals surface area contributed by atoms with Crippen LogP contribution in [0.2, 0.25) is 0 Å². The summed E-state index contributed by atoms with van der Waals surface area (Å²) in [5.74, 6) is -3.14. The monoisotopic (exact) mass is 555 g/mol. The van der Waals surface area contributed by atoms with Crippen LogP contribution in [0.4, 0.5) is 26.3 Å². The van der Waals surface area contributed by atoms with Crippen LogP contribution in [-0.4, -0.2) is 36.5 Å². The Labute approximate surface area is 217 Å². The summed E-state index contributed by atoms with van der Waals surface area (Å²) in [5.41, 5.74) is -4.87. The molecule has 0 aliphatic carbocycles. The maximum Gasteiger partial charge on any atom is 0.437 e. The van der Waals surface area contributed by atoms with Crippen molar-refractivity contribution in [2.75, 3.05) is 6.61 Å². The summed E-state index contributed by atoms with van der Waals surface area (Å²) in [6.45, 7) is 1.42. The summed E-state index contributed by atoms with van der Waals surface area (Å²) in [6.07, 6.45) is -13.4. The van der Waals surface area contributed by atoms with Crippen LogP contribution >= 0.6 is 0 Å². The third-order valence-electron chi connectivity index (χ3n) is 5.24. The van der Waals surface area contributed by atoms with Crippen molar-refractivity contribution in [1.82, 2.24) is 0 Å². The van der Waals surface area contributed by atoms with E-state index in [9.17, 15) is 35.9 Å². The fourth-order valence-electron chi connectivity index (χ4n) is 3.43. The Bertz CT molecular complexity index is 1190. The maximum atomic E-state index is 13.3. The van der Waals surface area contributed by atoms with Gasteiger partial charge in [-0.1, -0.05) is 42.5 Å². The second-order valence-corrected chi connectivity index (χ2v) is 9.85. The van der Waals surface area contributed by atoms with E-state index in [2.05, 4.69) is 16.1 Å². The Balaban J connectivity index is 1.74. The van der Waals surface area contributed by atoms with E-state index in [1.165, 1.54) is 12.1 Å². The first-order chi connectivity index (χ1) is 17.9. The first kappa shape index (κ1) is 28.8. The van der Waals surface area contributed by atoms with Gasteiger partial charge in [-0.2, -0.15) is 26.3 Å². The molecule has 0 saturated carbocycles. The van der Waals surface area contributed by atoms with Gasteiger partial charge in [-0.05, 0) is 48.5 Å². The smallest absolute Gasteiger partial charge is 0.437 e. The number of benzene rings is 3. The highest BCUT2D eigenvalue weighted by Crippen LogP contribution is 2.48. The number of esters is 2. The molecule has 3 rings (SSSR count). The highest BCUT2D eigenvalue weighted by molar-refractivity contribution is 7.97. The number of carbonyl (C=O) groups is 2. The molecule has 200 valence electrons. The number of hydrogen-bond acceptors (Lipinski definition) is 4. The highest BCUT2D eigenvalue weighted by atomic mass is 32.2. The molecule has 38 heavy (non-hydrogen) atoms. The number of ether oxygens (including phenoxy) is 2. The summed E-state index contributed by atoms with van der Waals surface area (Å²) < 4.78 is 88.1. The van der Waals surface area contributed by atoms with Crippen LogP contribution < -0.4 is 0 Å². The third kappa shape index (κ3) is 6.39. The number of carbonyl (C=O) groups excluding carboxylic acids is 2. The zero-order chi connectivity index (χ0) is 28.0. The van der Waals surface area contributed by atoms with Crippen LogP contribution in [0.1, 0.15) is 16.8 Å². The molecule has 3 aromatic rings. The van der Waals surface area contributed by atoms with Crippen molar-refractivity contribution in [2.24, 2.45) is 0 Å². The SMILES string of the molecule is C=CCC(OC(=O)COC(=O)c1ccc([S+](c2ccccc2)c2ccccc2)cc1)(C(F)(F)F)C(F)(F)F. The Morgan fingerprint density at radius 1 is 0.737 bits per heavy atom. The van der Waals surface area contributed by atoms with Gasteiger partial charge in [-0.25, -0.2) is 9.59 Å². The van der Waals surface area contributed by atoms with Crippen LogP contribution in [0.15, 0.2) is 112 Å². The average Bonchev–Trinajstić information content (AvgIpc) is 2.87. The van der Waals surface area contributed by atoms with Gasteiger partial charge in [-0.15, -0.1) is 6.58 Å². The summed E-state index contributed by atoms with van der Waals surface area (Å²) >= 11 is 0. The molecule has 0 heterocycles. The standard InChI is InChI=1S/C27H21F6O4S/c1-2-17-25(26(28,29)30,27(31,32)33)37-23(34)18-36-24(35)19-13-15-22(16-14-19)38(20-9-5-3-6-10-20)21-11-7-4-8-12-21/h2-16H,1,17-18H2/q+1. The minimum Gasteiger partial charge on any atom is -0.450 e. The molecule has 0 saturated heterocycles. The number of hydrogen-bond donors (Lipinski definition) is 0. The molecular weight excluding hydrogens is 534 g/mol. The molecule has 4 nitrogen and oxygen atoms in total. The fourth-order valence-corrected chi connectivity index (χ4v) is 5.52. The lowest BCUT2D eigenvalue weighted by molar-refractivity contribution is -0.368. The van der Waals surface area contributed by atoms with Crippen LogP contribution in [0.5, 0.6) is 0 Å². The lowest BCUT2D eigenvalue weighted by atomic mass is 9.97. The summed E-state index contributed by atoms with van der Waals surface area (Å²) in [6, 6.07) is 25.2. The summed E-state index contributed by atoms with van der Waals surface area (Å²) in [4.78, 5) is 27.1. The zero-order valence-corrected chi connectivity index (χ0v) is 20.4. The number of halogens is 6. The van der Waals surface area contributed by atoms with Crippen molar-refractivity contribution < 1.29 is 45.4 Å². The molecule has 0 atom stereocenters. The molecule has 11 heteroatoms. The topological polar surface area (TPSA) is 52.6 Å². The van der Waals surface area contributed by atoms with Gasteiger partial charge < -0.3 is 9.47 Å². The van der Waals surface area contributed by atoms with E-state index in [1.54, 1.807) is 12.1 Å². The van der Waals surface area contributed by atoms with Gasteiger partial charge in [0.1, 0.15) is 0 Å². The normalized spacial score (nSPS) is 12.2. The van der Waals surface area contributed by atoms with E-state index in [0.29, 0.717) is 6.08 Å². The molecule has 0 aliphatic rings. The molecule has 3 aromatic carbocycles. The van der Waals surface area contributed by atoms with Crippen molar-refractivity contribution >= 4 is 22.8 Å². The molecule has 0 bridgehead atoms. The molecule has 0 unspecified atom stereocenters. The van der Waals surface area contributed by atoms with Crippen molar-refractivity contribution in [3.63, 3.8) is 0 Å². The molecule has 0 radical (unpaired) electrons. The van der Waals surface area contributed by atoms with Crippen molar-refractivity contribution in [1.29, 1.82) is 0 Å². The molecule has 0 spiro atoms. The Hall–Kier alpha value is -3.73. The van der Waals surface area contributed by atoms with Crippen LogP contribution in [-0.2, 0) is 25.2 Å². The van der Waals surface area contributed by atoms with E-state index in [4.69, 9.17) is 0 Å². The van der Waals surface area contributed by atoms with E-state index >= 15 is 0 Å². The van der Waals surface area contributed by atoms with Gasteiger partial charge >= 0.3 is 29.9 Å². The molecule has 0 fully saturated rings. The Morgan fingerprint density at radius 2 is 1.18 bits per heavy atom. The van der Waals surface area contributed by atoms with Gasteiger partial charge in [0.15, 0.2) is 21.3 Å². The lowest BCUT2D eigenvalue weighted by Crippen LogP contribution is -2.59. The van der Waals surface area contributed by atoms with Gasteiger partial charge in [0.2, 0.25) is 0 Å². The van der Waals surface area contributed by atoms with Crippen molar-refractivity contribution in [3.05, 3.63) is 103 Å². The molecule has 0 N–H and O–H groups in total. The van der Waals surface area contributed by atoms with Gasteiger partial charge in [0, 0.05) is 6.42 Å². The predicted octanol–water partition coefficient (Wildman–Crippen LogP) is 6.92. The minimum absolute atomic E-state index is 0.0600. The molecule has 0 aliphatic heterocycles. The quantitative estimate of drug-likeness (QED) is 0.125. The number of alkyl halides is 6. The van der Waals surface area contributed by atoms with Gasteiger partial charge in [0.05, 0.1) is 16.5 Å². The summed E-state index contributed by atoms with van der Waals surface area (Å²) in [7, 11) is -0.525. The first-order valence-corrected chi connectivity index (χ1v) is 12.2. The van der Waals surface area contributed by atoms with E-state index in [-0.39, 0.29) is 5.56 Å². The number of rotatable bonds is 9. The van der Waals surface area contributed by atoms with E-state index < -0.39 is 53.8 Å². The third-order valence-corrected chi connectivity index (χ3v) is 7.47. The van der Waals surface area contributed by atoms with E-state index in [1.807, 2.05) is 60.7 Å². The van der Waals surface area contributed by atoms with Gasteiger partial charge in [0.25, 0.3) is 0 Å². The van der Waals surface area contributed by atoms with Crippen molar-refractivity contribution in [2.45, 2.75) is 39.1 Å². The summed E-state index contributed by atoms with van der Waals surface area (Å²) in [5, 5.41) is 0. The largest absolute Gasteiger partial charge is 0.450 e. The second-order valence-electron chi connectivity index (χ2n) is 7.82. The van der Waals surface area contributed by atoms with Gasteiger partial charge in [-0.3, -0.25) is 0 Å². The molecular formula is C27H21F6O4S+. The minimum atomic E-state index is -5.98. The van der Waals surface area contributed by atoms with E-state index in [0.717, 1.165) is 14.7 Å². The predicted molar refractivity (Wildman–Crippen MR) is 128 cm³/mol. The molecule has 0 amide bonds. The Kier molecular flexibility index (Phi) is 8.93. The average molecular weight is 556 g/mol. The van der Waals surface area contributed by atoms with Crippen LogP contribution in [0.3, 0.4) is 0 Å². The fraction of sp³-hybridized carbons (Fsp3) is 0.185. The highest BCUT2D eigenvalue weighted by Gasteiger charge is 2.73. The molecule has 0 aromatic heterocycles. The second kappa shape index (κ2) is 11.8. The maximum absolute atomic E-state index is 13.3. The first-order valence-electron chi connectivity index (χ1n) is 11.0. The Morgan fingerprint density at radius 3 is 1.61 bits per heavy atom. The van der Waals surface area contributed by atoms with Crippen LogP contribution in [0, 0.1) is 0 Å².